The summed E-state index contributed by atoms with van der Waals surface area (Å²) in [6.45, 7) is 0. The van der Waals surface area contributed by atoms with E-state index in [4.69, 9.17) is 4.52 Å². The van der Waals surface area contributed by atoms with E-state index in [9.17, 15) is 5.11 Å². The highest BCUT2D eigenvalue weighted by molar-refractivity contribution is 5.56. The Kier molecular flexibility index (Phi) is 2.41. The minimum Gasteiger partial charge on any atom is -0.506 e. The second-order valence-corrected chi connectivity index (χ2v) is 3.43. The first kappa shape index (κ1) is 10.3. The van der Waals surface area contributed by atoms with Gasteiger partial charge in [0, 0.05) is 18.6 Å². The Morgan fingerprint density at radius 2 is 1.89 bits per heavy atom. The van der Waals surface area contributed by atoms with Gasteiger partial charge in [0.25, 0.3) is 5.89 Å². The molecule has 18 heavy (non-hydrogen) atoms. The highest BCUT2D eigenvalue weighted by Crippen LogP contribution is 2.21. The first-order chi connectivity index (χ1) is 8.83. The van der Waals surface area contributed by atoms with E-state index in [1.54, 1.807) is 18.5 Å². The lowest BCUT2D eigenvalue weighted by Crippen LogP contribution is -1.88. The molecule has 0 unspecified atom stereocenters. The number of nitrogens with zero attached hydrogens (tertiary/aromatic N) is 5. The molecule has 88 valence electrons. The van der Waals surface area contributed by atoms with Crippen LogP contribution in [0.3, 0.4) is 0 Å². The molecule has 0 atom stereocenters. The number of pyridine rings is 1. The number of aromatic hydroxyl groups is 1. The van der Waals surface area contributed by atoms with E-state index in [0.717, 1.165) is 0 Å². The molecule has 7 heteroatoms. The van der Waals surface area contributed by atoms with Gasteiger partial charge >= 0.3 is 0 Å². The SMILES string of the molecule is Oc1cncc(-c2nc(-c3ncccn3)no2)c1. The van der Waals surface area contributed by atoms with Crippen molar-refractivity contribution in [3.63, 3.8) is 0 Å². The maximum atomic E-state index is 9.32. The molecule has 3 heterocycles. The van der Waals surface area contributed by atoms with Gasteiger partial charge in [-0.3, -0.25) is 4.98 Å². The van der Waals surface area contributed by atoms with Crippen molar-refractivity contribution in [3.05, 3.63) is 36.9 Å². The molecular weight excluding hydrogens is 234 g/mol. The van der Waals surface area contributed by atoms with Gasteiger partial charge in [-0.05, 0) is 12.1 Å². The molecule has 3 rings (SSSR count). The molecule has 0 aliphatic carbocycles. The molecule has 0 saturated carbocycles. The van der Waals surface area contributed by atoms with E-state index < -0.39 is 0 Å². The number of hydrogen-bond donors (Lipinski definition) is 1. The van der Waals surface area contributed by atoms with Gasteiger partial charge in [-0.1, -0.05) is 5.16 Å². The fraction of sp³-hybridized carbons (Fsp3) is 0. The van der Waals surface area contributed by atoms with Crippen LogP contribution in [0, 0.1) is 0 Å². The zero-order valence-electron chi connectivity index (χ0n) is 9.06. The minimum absolute atomic E-state index is 0.0308. The predicted octanol–water partition coefficient (Wildman–Crippen LogP) is 1.29. The standard InChI is InChI=1S/C11H7N5O2/c17-8-4-7(5-12-6-8)11-15-10(16-18-11)9-13-2-1-3-14-9/h1-6,17H. The molecule has 0 aromatic carbocycles. The van der Waals surface area contributed by atoms with Crippen molar-refractivity contribution in [2.75, 3.05) is 0 Å². The third-order valence-corrected chi connectivity index (χ3v) is 2.16. The Hall–Kier alpha value is -2.83. The lowest BCUT2D eigenvalue weighted by Gasteiger charge is -1.93. The molecule has 3 aromatic rings. The third kappa shape index (κ3) is 1.88. The quantitative estimate of drug-likeness (QED) is 0.721. The van der Waals surface area contributed by atoms with Crippen LogP contribution in [-0.2, 0) is 0 Å². The van der Waals surface area contributed by atoms with Gasteiger partial charge in [0.15, 0.2) is 0 Å². The molecular formula is C11H7N5O2. The normalized spacial score (nSPS) is 10.4. The van der Waals surface area contributed by atoms with Crippen molar-refractivity contribution >= 4 is 0 Å². The van der Waals surface area contributed by atoms with Crippen LogP contribution in [0.1, 0.15) is 0 Å². The van der Waals surface area contributed by atoms with E-state index in [2.05, 4.69) is 25.1 Å². The van der Waals surface area contributed by atoms with Gasteiger partial charge in [0.1, 0.15) is 5.75 Å². The molecule has 0 aliphatic heterocycles. The van der Waals surface area contributed by atoms with Crippen LogP contribution in [0.15, 0.2) is 41.4 Å². The summed E-state index contributed by atoms with van der Waals surface area (Å²) in [5.74, 6) is 0.943. The lowest BCUT2D eigenvalue weighted by atomic mass is 10.3. The number of rotatable bonds is 2. The zero-order valence-corrected chi connectivity index (χ0v) is 9.06. The van der Waals surface area contributed by atoms with Crippen LogP contribution in [0.25, 0.3) is 23.1 Å². The van der Waals surface area contributed by atoms with E-state index in [1.807, 2.05) is 0 Å². The van der Waals surface area contributed by atoms with Gasteiger partial charge in [-0.2, -0.15) is 4.98 Å². The molecule has 0 aliphatic rings. The Morgan fingerprint density at radius 3 is 2.67 bits per heavy atom. The summed E-state index contributed by atoms with van der Waals surface area (Å²) in [4.78, 5) is 16.0. The van der Waals surface area contributed by atoms with E-state index in [0.29, 0.717) is 11.4 Å². The molecule has 0 spiro atoms. The second-order valence-electron chi connectivity index (χ2n) is 3.43. The van der Waals surface area contributed by atoms with Crippen LogP contribution in [-0.4, -0.2) is 30.2 Å². The molecule has 0 radical (unpaired) electrons. The average molecular weight is 241 g/mol. The highest BCUT2D eigenvalue weighted by Gasteiger charge is 2.12. The van der Waals surface area contributed by atoms with E-state index in [-0.39, 0.29) is 17.5 Å². The predicted molar refractivity (Wildman–Crippen MR) is 60.2 cm³/mol. The van der Waals surface area contributed by atoms with Gasteiger partial charge < -0.3 is 9.63 Å². The Bertz CT molecular complexity index is 668. The molecule has 7 nitrogen and oxygen atoms in total. The molecule has 0 fully saturated rings. The first-order valence-electron chi connectivity index (χ1n) is 5.08. The third-order valence-electron chi connectivity index (χ3n) is 2.16. The summed E-state index contributed by atoms with van der Waals surface area (Å²) in [5, 5.41) is 13.1. The minimum atomic E-state index is 0.0308. The van der Waals surface area contributed by atoms with Crippen molar-refractivity contribution in [1.82, 2.24) is 25.1 Å². The van der Waals surface area contributed by atoms with Crippen molar-refractivity contribution in [1.29, 1.82) is 0 Å². The first-order valence-corrected chi connectivity index (χ1v) is 5.08. The van der Waals surface area contributed by atoms with Crippen molar-refractivity contribution in [2.24, 2.45) is 0 Å². The van der Waals surface area contributed by atoms with E-state index >= 15 is 0 Å². The van der Waals surface area contributed by atoms with Gasteiger partial charge in [0.2, 0.25) is 11.6 Å². The highest BCUT2D eigenvalue weighted by atomic mass is 16.5. The summed E-state index contributed by atoms with van der Waals surface area (Å²) in [5.41, 5.74) is 0.532. The van der Waals surface area contributed by atoms with E-state index in [1.165, 1.54) is 18.5 Å². The van der Waals surface area contributed by atoms with Crippen molar-refractivity contribution in [3.8, 4) is 28.9 Å². The second kappa shape index (κ2) is 4.21. The number of aromatic nitrogens is 5. The summed E-state index contributed by atoms with van der Waals surface area (Å²) in [7, 11) is 0. The average Bonchev–Trinajstić information content (AvgIpc) is 2.89. The summed E-state index contributed by atoms with van der Waals surface area (Å²) in [6.07, 6.45) is 6.02. The maximum Gasteiger partial charge on any atom is 0.260 e. The zero-order chi connectivity index (χ0) is 12.4. The Balaban J connectivity index is 2.00. The van der Waals surface area contributed by atoms with Crippen molar-refractivity contribution < 1.29 is 9.63 Å². The van der Waals surface area contributed by atoms with Crippen LogP contribution in [0.2, 0.25) is 0 Å². The van der Waals surface area contributed by atoms with Gasteiger partial charge in [-0.25, -0.2) is 9.97 Å². The smallest absolute Gasteiger partial charge is 0.260 e. The maximum absolute atomic E-state index is 9.32. The molecule has 0 bridgehead atoms. The lowest BCUT2D eigenvalue weighted by molar-refractivity contribution is 0.430. The summed E-state index contributed by atoms with van der Waals surface area (Å²) >= 11 is 0. The van der Waals surface area contributed by atoms with Gasteiger partial charge in [-0.15, -0.1) is 0 Å². The molecule has 1 N–H and O–H groups in total. The van der Waals surface area contributed by atoms with Crippen molar-refractivity contribution in [2.45, 2.75) is 0 Å². The fourth-order valence-corrected chi connectivity index (χ4v) is 1.39. The van der Waals surface area contributed by atoms with Crippen LogP contribution in [0.5, 0.6) is 5.75 Å². The largest absolute Gasteiger partial charge is 0.506 e. The van der Waals surface area contributed by atoms with Gasteiger partial charge in [0.05, 0.1) is 11.8 Å². The topological polar surface area (TPSA) is 97.8 Å². The monoisotopic (exact) mass is 241 g/mol. The van der Waals surface area contributed by atoms with Crippen LogP contribution >= 0.6 is 0 Å². The Labute approximate surface area is 101 Å². The fourth-order valence-electron chi connectivity index (χ4n) is 1.39. The van der Waals surface area contributed by atoms with Crippen LogP contribution in [0.4, 0.5) is 0 Å². The number of hydrogen-bond acceptors (Lipinski definition) is 7. The van der Waals surface area contributed by atoms with Crippen LogP contribution < -0.4 is 0 Å². The summed E-state index contributed by atoms with van der Waals surface area (Å²) in [6, 6.07) is 3.18. The molecule has 0 amide bonds. The molecule has 0 saturated heterocycles. The Morgan fingerprint density at radius 1 is 1.06 bits per heavy atom. The summed E-state index contributed by atoms with van der Waals surface area (Å²) < 4.78 is 5.07. The molecule has 3 aromatic heterocycles.